The van der Waals surface area contributed by atoms with Gasteiger partial charge in [-0.05, 0) is 54.6 Å². The van der Waals surface area contributed by atoms with Crippen molar-refractivity contribution in [3.05, 3.63) is 60.2 Å². The number of nitrogens with one attached hydrogen (secondary N) is 1. The summed E-state index contributed by atoms with van der Waals surface area (Å²) in [6.45, 7) is 2.16. The molecule has 1 fully saturated rings. The molecule has 0 bridgehead atoms. The Balaban J connectivity index is 1.37. The summed E-state index contributed by atoms with van der Waals surface area (Å²) in [5.41, 5.74) is 7.48. The number of nitrogens with zero attached hydrogens (tertiary/aromatic N) is 1. The highest BCUT2D eigenvalue weighted by atomic mass is 32.2. The number of alkyl carbamates (subject to hydrolysis) is 1. The Bertz CT molecular complexity index is 671. The highest BCUT2D eigenvalue weighted by Gasteiger charge is 2.21. The van der Waals surface area contributed by atoms with Crippen LogP contribution in [0.25, 0.3) is 0 Å². The average Bonchev–Trinajstić information content (AvgIpc) is 2.64. The van der Waals surface area contributed by atoms with Gasteiger partial charge in [-0.15, -0.1) is 0 Å². The van der Waals surface area contributed by atoms with E-state index in [0.29, 0.717) is 6.61 Å². The van der Waals surface area contributed by atoms with E-state index in [1.165, 1.54) is 4.90 Å². The Morgan fingerprint density at radius 3 is 2.48 bits per heavy atom. The van der Waals surface area contributed by atoms with E-state index in [-0.39, 0.29) is 12.1 Å². The Kier molecular flexibility index (Phi) is 6.19. The fourth-order valence-electron chi connectivity index (χ4n) is 2.70. The summed E-state index contributed by atoms with van der Waals surface area (Å²) >= 11 is 1.74. The van der Waals surface area contributed by atoms with Crippen molar-refractivity contribution in [3.63, 3.8) is 0 Å². The number of carbonyl (C=O) groups is 1. The highest BCUT2D eigenvalue weighted by Crippen LogP contribution is 2.26. The normalized spacial score (nSPS) is 15.7. The number of amides is 1. The second-order valence-corrected chi connectivity index (χ2v) is 7.24. The molecular formula is C19H23N3O2S. The van der Waals surface area contributed by atoms with Crippen molar-refractivity contribution in [2.75, 3.05) is 18.8 Å². The summed E-state index contributed by atoms with van der Waals surface area (Å²) in [5, 5.41) is 2.97. The lowest BCUT2D eigenvalue weighted by molar-refractivity contribution is 0.132. The largest absolute Gasteiger partial charge is 0.445 e. The first-order valence-corrected chi connectivity index (χ1v) is 9.22. The van der Waals surface area contributed by atoms with Gasteiger partial charge in [-0.25, -0.2) is 9.10 Å². The minimum Gasteiger partial charge on any atom is -0.445 e. The SMILES string of the molecule is Nc1ccc(SN2CCC(NC(=O)OCc3ccccc3)CC2)cc1. The smallest absolute Gasteiger partial charge is 0.407 e. The molecule has 1 aliphatic heterocycles. The molecule has 0 aliphatic carbocycles. The average molecular weight is 357 g/mol. The van der Waals surface area contributed by atoms with Crippen LogP contribution in [0.1, 0.15) is 18.4 Å². The molecule has 5 nitrogen and oxygen atoms in total. The lowest BCUT2D eigenvalue weighted by atomic mass is 10.1. The van der Waals surface area contributed by atoms with Crippen LogP contribution in [-0.4, -0.2) is 29.5 Å². The molecule has 1 heterocycles. The van der Waals surface area contributed by atoms with E-state index in [9.17, 15) is 4.79 Å². The van der Waals surface area contributed by atoms with Gasteiger partial charge in [0.15, 0.2) is 0 Å². The lowest BCUT2D eigenvalue weighted by Gasteiger charge is -2.31. The third-order valence-corrected chi connectivity index (χ3v) is 5.21. The molecule has 0 atom stereocenters. The molecule has 0 unspecified atom stereocenters. The van der Waals surface area contributed by atoms with Gasteiger partial charge in [0.1, 0.15) is 6.61 Å². The zero-order chi connectivity index (χ0) is 17.5. The van der Waals surface area contributed by atoms with Crippen molar-refractivity contribution in [2.24, 2.45) is 0 Å². The molecule has 0 aromatic heterocycles. The van der Waals surface area contributed by atoms with Crippen molar-refractivity contribution in [2.45, 2.75) is 30.4 Å². The molecular weight excluding hydrogens is 334 g/mol. The predicted octanol–water partition coefficient (Wildman–Crippen LogP) is 3.67. The van der Waals surface area contributed by atoms with Crippen molar-refractivity contribution < 1.29 is 9.53 Å². The van der Waals surface area contributed by atoms with E-state index in [2.05, 4.69) is 9.62 Å². The molecule has 0 saturated carbocycles. The number of hydrogen-bond donors (Lipinski definition) is 2. The van der Waals surface area contributed by atoms with Gasteiger partial charge >= 0.3 is 6.09 Å². The first-order chi connectivity index (χ1) is 12.2. The van der Waals surface area contributed by atoms with E-state index in [1.807, 2.05) is 54.6 Å². The Morgan fingerprint density at radius 1 is 1.12 bits per heavy atom. The van der Waals surface area contributed by atoms with E-state index in [0.717, 1.165) is 37.2 Å². The number of piperidine rings is 1. The third kappa shape index (κ3) is 5.69. The molecule has 2 aromatic carbocycles. The summed E-state index contributed by atoms with van der Waals surface area (Å²) in [6.07, 6.45) is 1.50. The molecule has 2 aromatic rings. The van der Waals surface area contributed by atoms with Gasteiger partial charge in [0.2, 0.25) is 0 Å². The van der Waals surface area contributed by atoms with Crippen LogP contribution < -0.4 is 11.1 Å². The van der Waals surface area contributed by atoms with E-state index in [4.69, 9.17) is 10.5 Å². The fraction of sp³-hybridized carbons (Fsp3) is 0.316. The Morgan fingerprint density at radius 2 is 1.80 bits per heavy atom. The molecule has 3 N–H and O–H groups in total. The Labute approximate surface area is 152 Å². The number of benzene rings is 2. The van der Waals surface area contributed by atoms with Crippen molar-refractivity contribution in [1.29, 1.82) is 0 Å². The number of ether oxygens (including phenoxy) is 1. The summed E-state index contributed by atoms with van der Waals surface area (Å²) < 4.78 is 7.60. The molecule has 0 radical (unpaired) electrons. The van der Waals surface area contributed by atoms with E-state index in [1.54, 1.807) is 11.9 Å². The van der Waals surface area contributed by atoms with Gasteiger partial charge in [-0.1, -0.05) is 30.3 Å². The second-order valence-electron chi connectivity index (χ2n) is 6.07. The number of anilines is 1. The molecule has 132 valence electrons. The number of hydrogen-bond acceptors (Lipinski definition) is 5. The van der Waals surface area contributed by atoms with Gasteiger partial charge in [0, 0.05) is 29.7 Å². The maximum absolute atomic E-state index is 11.9. The van der Waals surface area contributed by atoms with Crippen LogP contribution in [0.2, 0.25) is 0 Å². The van der Waals surface area contributed by atoms with Crippen LogP contribution in [0.4, 0.5) is 10.5 Å². The Hall–Kier alpha value is -2.18. The second kappa shape index (κ2) is 8.78. The van der Waals surface area contributed by atoms with Crippen LogP contribution >= 0.6 is 11.9 Å². The topological polar surface area (TPSA) is 67.6 Å². The molecule has 6 heteroatoms. The van der Waals surface area contributed by atoms with Gasteiger partial charge in [-0.3, -0.25) is 0 Å². The summed E-state index contributed by atoms with van der Waals surface area (Å²) in [6, 6.07) is 17.8. The maximum Gasteiger partial charge on any atom is 0.407 e. The van der Waals surface area contributed by atoms with Gasteiger partial charge in [0.05, 0.1) is 0 Å². The number of nitrogen functional groups attached to an aromatic ring is 1. The van der Waals surface area contributed by atoms with Crippen molar-refractivity contribution in [1.82, 2.24) is 9.62 Å². The standard InChI is InChI=1S/C19H23N3O2S/c20-16-6-8-18(9-7-16)25-22-12-10-17(11-13-22)21-19(23)24-14-15-4-2-1-3-5-15/h1-9,17H,10-14,20H2,(H,21,23). The monoisotopic (exact) mass is 357 g/mol. The zero-order valence-corrected chi connectivity index (χ0v) is 14.9. The molecule has 1 aliphatic rings. The molecule has 1 saturated heterocycles. The van der Waals surface area contributed by atoms with Gasteiger partial charge in [-0.2, -0.15) is 0 Å². The van der Waals surface area contributed by atoms with Crippen molar-refractivity contribution in [3.8, 4) is 0 Å². The fourth-order valence-corrected chi connectivity index (χ4v) is 3.65. The molecule has 3 rings (SSSR count). The predicted molar refractivity (Wildman–Crippen MR) is 101 cm³/mol. The van der Waals surface area contributed by atoms with Gasteiger partial charge < -0.3 is 15.8 Å². The summed E-state index contributed by atoms with van der Waals surface area (Å²) in [5.74, 6) is 0. The first kappa shape index (κ1) is 17.6. The van der Waals surface area contributed by atoms with E-state index >= 15 is 0 Å². The first-order valence-electron chi connectivity index (χ1n) is 8.45. The summed E-state index contributed by atoms with van der Waals surface area (Å²) in [7, 11) is 0. The number of rotatable bonds is 5. The third-order valence-electron chi connectivity index (χ3n) is 4.10. The maximum atomic E-state index is 11.9. The lowest BCUT2D eigenvalue weighted by Crippen LogP contribution is -2.42. The number of carbonyl (C=O) groups excluding carboxylic acids is 1. The number of nitrogens with two attached hydrogens (primary N) is 1. The van der Waals surface area contributed by atoms with Crippen molar-refractivity contribution >= 4 is 23.7 Å². The molecule has 1 amide bonds. The van der Waals surface area contributed by atoms with Crippen LogP contribution in [-0.2, 0) is 11.3 Å². The molecule has 25 heavy (non-hydrogen) atoms. The summed E-state index contributed by atoms with van der Waals surface area (Å²) in [4.78, 5) is 13.1. The van der Waals surface area contributed by atoms with Gasteiger partial charge in [0.25, 0.3) is 0 Å². The molecule has 0 spiro atoms. The van der Waals surface area contributed by atoms with Crippen LogP contribution in [0.5, 0.6) is 0 Å². The highest BCUT2D eigenvalue weighted by molar-refractivity contribution is 7.97. The van der Waals surface area contributed by atoms with Crippen LogP contribution in [0, 0.1) is 0 Å². The van der Waals surface area contributed by atoms with E-state index < -0.39 is 0 Å². The quantitative estimate of drug-likeness (QED) is 0.631. The van der Waals surface area contributed by atoms with Crippen LogP contribution in [0.15, 0.2) is 59.5 Å². The van der Waals surface area contributed by atoms with Crippen LogP contribution in [0.3, 0.4) is 0 Å². The minimum atomic E-state index is -0.339. The minimum absolute atomic E-state index is 0.173. The zero-order valence-electron chi connectivity index (χ0n) is 14.1.